The molecule has 1 aliphatic heterocycles. The van der Waals surface area contributed by atoms with E-state index < -0.39 is 11.6 Å². The van der Waals surface area contributed by atoms with Crippen molar-refractivity contribution in [3.63, 3.8) is 0 Å². The van der Waals surface area contributed by atoms with E-state index in [1.807, 2.05) is 37.8 Å². The lowest BCUT2D eigenvalue weighted by Gasteiger charge is -2.41. The number of carboxylic acid groups (broad SMARTS) is 1. The van der Waals surface area contributed by atoms with Crippen LogP contribution in [0.4, 0.5) is 4.79 Å². The summed E-state index contributed by atoms with van der Waals surface area (Å²) in [6, 6.07) is 7.13. The Bertz CT molecular complexity index is 622. The van der Waals surface area contributed by atoms with E-state index in [4.69, 9.17) is 9.84 Å². The smallest absolute Gasteiger partial charge is 0.410 e. The largest absolute Gasteiger partial charge is 0.478 e. The third-order valence-electron chi connectivity index (χ3n) is 4.42. The summed E-state index contributed by atoms with van der Waals surface area (Å²) in [6.45, 7) is 10.8. The van der Waals surface area contributed by atoms with E-state index >= 15 is 0 Å². The van der Waals surface area contributed by atoms with Crippen LogP contribution in [-0.2, 0) is 11.3 Å². The molecule has 6 heteroatoms. The molecule has 144 valence electrons. The first kappa shape index (κ1) is 20.2. The van der Waals surface area contributed by atoms with Crippen molar-refractivity contribution in [3.8, 4) is 0 Å². The number of hydrogen-bond acceptors (Lipinski definition) is 4. The molecule has 1 N–H and O–H groups in total. The molecule has 1 atom stereocenters. The fourth-order valence-electron chi connectivity index (χ4n) is 3.22. The Balaban J connectivity index is 1.99. The summed E-state index contributed by atoms with van der Waals surface area (Å²) in [5.74, 6) is -0.912. The number of nitrogens with zero attached hydrogens (tertiary/aromatic N) is 2. The lowest BCUT2D eigenvalue weighted by Crippen LogP contribution is -2.55. The molecule has 1 saturated heterocycles. The minimum atomic E-state index is -0.912. The van der Waals surface area contributed by atoms with Crippen LogP contribution < -0.4 is 0 Å². The van der Waals surface area contributed by atoms with Crippen LogP contribution in [0.2, 0.25) is 0 Å². The molecular formula is C20H30N2O4. The first-order valence-electron chi connectivity index (χ1n) is 9.24. The highest BCUT2D eigenvalue weighted by Gasteiger charge is 2.32. The summed E-state index contributed by atoms with van der Waals surface area (Å²) < 4.78 is 5.56. The van der Waals surface area contributed by atoms with Gasteiger partial charge < -0.3 is 14.7 Å². The van der Waals surface area contributed by atoms with Gasteiger partial charge >= 0.3 is 12.1 Å². The number of benzene rings is 1. The Morgan fingerprint density at radius 3 is 2.38 bits per heavy atom. The molecule has 0 aliphatic carbocycles. The number of carbonyl (C=O) groups is 2. The summed E-state index contributed by atoms with van der Waals surface area (Å²) >= 11 is 0. The number of carbonyl (C=O) groups excluding carboxylic acids is 1. The third kappa shape index (κ3) is 5.73. The van der Waals surface area contributed by atoms with E-state index in [0.29, 0.717) is 12.1 Å². The fraction of sp³-hybridized carbons (Fsp3) is 0.600. The lowest BCUT2D eigenvalue weighted by atomic mass is 10.1. The van der Waals surface area contributed by atoms with Gasteiger partial charge in [0.2, 0.25) is 0 Å². The number of aromatic carboxylic acids is 1. The van der Waals surface area contributed by atoms with Crippen molar-refractivity contribution in [1.82, 2.24) is 9.80 Å². The highest BCUT2D eigenvalue weighted by Crippen LogP contribution is 2.20. The molecule has 1 fully saturated rings. The number of rotatable bonds is 5. The molecule has 1 heterocycles. The van der Waals surface area contributed by atoms with Crippen LogP contribution in [0.25, 0.3) is 0 Å². The van der Waals surface area contributed by atoms with Crippen LogP contribution in [-0.4, -0.2) is 58.2 Å². The van der Waals surface area contributed by atoms with Crippen molar-refractivity contribution < 1.29 is 19.4 Å². The Hall–Kier alpha value is -2.08. The first-order valence-corrected chi connectivity index (χ1v) is 9.24. The fourth-order valence-corrected chi connectivity index (χ4v) is 3.22. The first-order chi connectivity index (χ1) is 12.2. The zero-order valence-electron chi connectivity index (χ0n) is 16.2. The molecule has 1 amide bonds. The Kier molecular flexibility index (Phi) is 6.64. The van der Waals surface area contributed by atoms with Gasteiger partial charge in [0.15, 0.2) is 0 Å². The van der Waals surface area contributed by atoms with Gasteiger partial charge in [-0.15, -0.1) is 0 Å². The second-order valence-corrected chi connectivity index (χ2v) is 7.85. The second kappa shape index (κ2) is 8.54. The molecule has 0 spiro atoms. The van der Waals surface area contributed by atoms with E-state index in [9.17, 15) is 9.59 Å². The van der Waals surface area contributed by atoms with Crippen LogP contribution in [0.3, 0.4) is 0 Å². The number of carboxylic acids is 1. The molecule has 2 rings (SSSR count). The van der Waals surface area contributed by atoms with E-state index in [1.54, 1.807) is 12.1 Å². The molecule has 1 aromatic carbocycles. The third-order valence-corrected chi connectivity index (χ3v) is 4.42. The maximum absolute atomic E-state index is 12.5. The summed E-state index contributed by atoms with van der Waals surface area (Å²) in [7, 11) is 0. The molecule has 0 bridgehead atoms. The molecule has 1 aromatic rings. The van der Waals surface area contributed by atoms with Crippen LogP contribution in [0.5, 0.6) is 0 Å². The number of piperazine rings is 1. The average Bonchev–Trinajstić information content (AvgIpc) is 2.54. The zero-order valence-corrected chi connectivity index (χ0v) is 16.2. The molecular weight excluding hydrogens is 332 g/mol. The van der Waals surface area contributed by atoms with Gasteiger partial charge in [-0.2, -0.15) is 0 Å². The maximum Gasteiger partial charge on any atom is 0.410 e. The lowest BCUT2D eigenvalue weighted by molar-refractivity contribution is -0.00387. The standard InChI is InChI=1S/C20H30N2O4/c1-5-6-17-14-21(11-12-22(17)19(25)26-20(2,3)4)13-15-7-9-16(10-8-15)18(23)24/h7-10,17H,5-6,11-14H2,1-4H3,(H,23,24)/t17-/m0/s1. The van der Waals surface area contributed by atoms with Crippen molar-refractivity contribution in [2.75, 3.05) is 19.6 Å². The summed E-state index contributed by atoms with van der Waals surface area (Å²) in [5, 5.41) is 8.99. The topological polar surface area (TPSA) is 70.1 Å². The van der Waals surface area contributed by atoms with Crippen molar-refractivity contribution in [1.29, 1.82) is 0 Å². The van der Waals surface area contributed by atoms with Gasteiger partial charge in [0.1, 0.15) is 5.60 Å². The monoisotopic (exact) mass is 362 g/mol. The highest BCUT2D eigenvalue weighted by molar-refractivity contribution is 5.87. The molecule has 0 aromatic heterocycles. The average molecular weight is 362 g/mol. The van der Waals surface area contributed by atoms with Crippen molar-refractivity contribution in [2.24, 2.45) is 0 Å². The number of ether oxygens (including phenoxy) is 1. The zero-order chi connectivity index (χ0) is 19.3. The summed E-state index contributed by atoms with van der Waals surface area (Å²) in [5.41, 5.74) is 0.889. The second-order valence-electron chi connectivity index (χ2n) is 7.85. The SMILES string of the molecule is CCC[C@H]1CN(Cc2ccc(C(=O)O)cc2)CCN1C(=O)OC(C)(C)C. The molecule has 1 aliphatic rings. The molecule has 0 radical (unpaired) electrons. The Morgan fingerprint density at radius 1 is 1.19 bits per heavy atom. The Morgan fingerprint density at radius 2 is 1.85 bits per heavy atom. The molecule has 6 nitrogen and oxygen atoms in total. The minimum absolute atomic E-state index is 0.141. The van der Waals surface area contributed by atoms with E-state index in [0.717, 1.165) is 38.0 Å². The van der Waals surface area contributed by atoms with Crippen molar-refractivity contribution in [2.45, 2.75) is 58.7 Å². The predicted octanol–water partition coefficient (Wildman–Crippen LogP) is 3.61. The molecule has 0 saturated carbocycles. The van der Waals surface area contributed by atoms with Gasteiger partial charge in [-0.05, 0) is 44.9 Å². The van der Waals surface area contributed by atoms with Gasteiger partial charge in [-0.1, -0.05) is 25.5 Å². The molecule has 0 unspecified atom stereocenters. The van der Waals surface area contributed by atoms with Gasteiger partial charge in [0, 0.05) is 32.2 Å². The van der Waals surface area contributed by atoms with E-state index in [1.165, 1.54) is 0 Å². The van der Waals surface area contributed by atoms with Gasteiger partial charge in [0.05, 0.1) is 5.56 Å². The van der Waals surface area contributed by atoms with Crippen molar-refractivity contribution in [3.05, 3.63) is 35.4 Å². The number of amides is 1. The minimum Gasteiger partial charge on any atom is -0.478 e. The summed E-state index contributed by atoms with van der Waals surface area (Å²) in [6.07, 6.45) is 1.71. The predicted molar refractivity (Wildman–Crippen MR) is 100 cm³/mol. The summed E-state index contributed by atoms with van der Waals surface area (Å²) in [4.78, 5) is 27.6. The normalized spacial score (nSPS) is 18.6. The van der Waals surface area contributed by atoms with Gasteiger partial charge in [-0.3, -0.25) is 4.90 Å². The van der Waals surface area contributed by atoms with Crippen molar-refractivity contribution >= 4 is 12.1 Å². The quantitative estimate of drug-likeness (QED) is 0.866. The number of hydrogen-bond donors (Lipinski definition) is 1. The highest BCUT2D eigenvalue weighted by atomic mass is 16.6. The van der Waals surface area contributed by atoms with Crippen LogP contribution in [0.15, 0.2) is 24.3 Å². The maximum atomic E-state index is 12.5. The Labute approximate surface area is 155 Å². The van der Waals surface area contributed by atoms with E-state index in [2.05, 4.69) is 11.8 Å². The van der Waals surface area contributed by atoms with Crippen LogP contribution in [0.1, 0.15) is 56.5 Å². The van der Waals surface area contributed by atoms with Gasteiger partial charge in [-0.25, -0.2) is 9.59 Å². The van der Waals surface area contributed by atoms with E-state index in [-0.39, 0.29) is 12.1 Å². The van der Waals surface area contributed by atoms with Crippen LogP contribution >= 0.6 is 0 Å². The molecule has 26 heavy (non-hydrogen) atoms. The van der Waals surface area contributed by atoms with Gasteiger partial charge in [0.25, 0.3) is 0 Å². The van der Waals surface area contributed by atoms with Crippen LogP contribution in [0, 0.1) is 0 Å².